The van der Waals surface area contributed by atoms with Gasteiger partial charge >= 0.3 is 0 Å². The highest BCUT2D eigenvalue weighted by Gasteiger charge is 2.04. The number of nitrogens with one attached hydrogen (secondary N) is 1. The van der Waals surface area contributed by atoms with E-state index in [4.69, 9.17) is 0 Å². The average molecular weight is 260 g/mol. The first-order chi connectivity index (χ1) is 9.20. The third-order valence-corrected chi connectivity index (χ3v) is 3.07. The van der Waals surface area contributed by atoms with Gasteiger partial charge in [-0.1, -0.05) is 13.0 Å². The molecule has 0 spiro atoms. The Morgan fingerprint density at radius 1 is 1.37 bits per heavy atom. The fourth-order valence-electron chi connectivity index (χ4n) is 2.10. The fraction of sp³-hybridized carbons (Fsp3) is 0.429. The van der Waals surface area contributed by atoms with Crippen molar-refractivity contribution in [2.75, 3.05) is 6.54 Å². The molecular weight excluding hydrogens is 240 g/mol. The van der Waals surface area contributed by atoms with Crippen molar-refractivity contribution in [3.8, 4) is 0 Å². The number of aromatic nitrogens is 3. The average Bonchev–Trinajstić information content (AvgIpc) is 2.77. The lowest BCUT2D eigenvalue weighted by atomic mass is 10.2. The van der Waals surface area contributed by atoms with Crippen LogP contribution in [-0.2, 0) is 26.6 Å². The summed E-state index contributed by atoms with van der Waals surface area (Å²) in [6.07, 6.45) is 4.79. The molecule has 0 atom stereocenters. The highest BCUT2D eigenvalue weighted by atomic mass is 16.1. The quantitative estimate of drug-likeness (QED) is 0.786. The summed E-state index contributed by atoms with van der Waals surface area (Å²) < 4.78 is 3.55. The Morgan fingerprint density at radius 2 is 2.21 bits per heavy atom. The van der Waals surface area contributed by atoms with Crippen molar-refractivity contribution in [3.63, 3.8) is 0 Å². The highest BCUT2D eigenvalue weighted by Crippen LogP contribution is 2.06. The third-order valence-electron chi connectivity index (χ3n) is 3.07. The SMILES string of the molecule is CCc1nn(C)cc1CNCCn1ccccc1=O. The van der Waals surface area contributed by atoms with Crippen LogP contribution >= 0.6 is 0 Å². The molecule has 2 aromatic rings. The van der Waals surface area contributed by atoms with Crippen LogP contribution in [0.15, 0.2) is 35.4 Å². The molecule has 0 saturated carbocycles. The molecule has 102 valence electrons. The summed E-state index contributed by atoms with van der Waals surface area (Å²) in [7, 11) is 1.94. The molecule has 0 amide bonds. The molecule has 5 heteroatoms. The summed E-state index contributed by atoms with van der Waals surface area (Å²) in [5.41, 5.74) is 2.40. The molecule has 19 heavy (non-hydrogen) atoms. The van der Waals surface area contributed by atoms with Gasteiger partial charge in [-0.2, -0.15) is 5.10 Å². The number of aryl methyl sites for hydroxylation is 2. The number of rotatable bonds is 6. The van der Waals surface area contributed by atoms with Gasteiger partial charge < -0.3 is 9.88 Å². The van der Waals surface area contributed by atoms with Crippen LogP contribution < -0.4 is 10.9 Å². The molecule has 0 aliphatic rings. The lowest BCUT2D eigenvalue weighted by Gasteiger charge is -2.06. The Balaban J connectivity index is 1.84. The van der Waals surface area contributed by atoms with E-state index in [0.29, 0.717) is 6.54 Å². The van der Waals surface area contributed by atoms with Gasteiger partial charge in [0.1, 0.15) is 0 Å². The van der Waals surface area contributed by atoms with Crippen LogP contribution in [0.5, 0.6) is 0 Å². The first-order valence-corrected chi connectivity index (χ1v) is 6.58. The van der Waals surface area contributed by atoms with E-state index in [1.54, 1.807) is 16.7 Å². The topological polar surface area (TPSA) is 51.9 Å². The zero-order valence-electron chi connectivity index (χ0n) is 11.5. The van der Waals surface area contributed by atoms with E-state index in [-0.39, 0.29) is 5.56 Å². The van der Waals surface area contributed by atoms with Gasteiger partial charge in [0, 0.05) is 50.7 Å². The number of nitrogens with zero attached hydrogens (tertiary/aromatic N) is 3. The molecule has 2 rings (SSSR count). The number of pyridine rings is 1. The first-order valence-electron chi connectivity index (χ1n) is 6.58. The van der Waals surface area contributed by atoms with Crippen LogP contribution in [0.25, 0.3) is 0 Å². The molecule has 1 N–H and O–H groups in total. The predicted molar refractivity (Wildman–Crippen MR) is 75.0 cm³/mol. The maximum atomic E-state index is 11.5. The molecule has 0 aromatic carbocycles. The number of hydrogen-bond donors (Lipinski definition) is 1. The minimum absolute atomic E-state index is 0.0416. The van der Waals surface area contributed by atoms with Crippen LogP contribution in [0.1, 0.15) is 18.2 Å². The number of hydrogen-bond acceptors (Lipinski definition) is 3. The van der Waals surface area contributed by atoms with Gasteiger partial charge in [-0.15, -0.1) is 0 Å². The van der Waals surface area contributed by atoms with E-state index in [0.717, 1.165) is 25.2 Å². The molecule has 0 radical (unpaired) electrons. The molecule has 0 saturated heterocycles. The van der Waals surface area contributed by atoms with Crippen molar-refractivity contribution in [3.05, 3.63) is 52.2 Å². The normalized spacial score (nSPS) is 10.8. The monoisotopic (exact) mass is 260 g/mol. The van der Waals surface area contributed by atoms with Crippen LogP contribution in [0.3, 0.4) is 0 Å². The molecule has 5 nitrogen and oxygen atoms in total. The Bertz CT molecular complexity index is 585. The van der Waals surface area contributed by atoms with Crippen LogP contribution in [0, 0.1) is 0 Å². The minimum atomic E-state index is 0.0416. The van der Waals surface area contributed by atoms with E-state index < -0.39 is 0 Å². The summed E-state index contributed by atoms with van der Waals surface area (Å²) in [5.74, 6) is 0. The van der Waals surface area contributed by atoms with Crippen molar-refractivity contribution in [1.29, 1.82) is 0 Å². The van der Waals surface area contributed by atoms with Crippen molar-refractivity contribution >= 4 is 0 Å². The first kappa shape index (κ1) is 13.5. The van der Waals surface area contributed by atoms with Gasteiger partial charge in [-0.3, -0.25) is 9.48 Å². The van der Waals surface area contributed by atoms with Gasteiger partial charge in [-0.05, 0) is 12.5 Å². The molecule has 0 fully saturated rings. The third kappa shape index (κ3) is 3.54. The van der Waals surface area contributed by atoms with Crippen molar-refractivity contribution in [2.45, 2.75) is 26.4 Å². The highest BCUT2D eigenvalue weighted by molar-refractivity contribution is 5.16. The standard InChI is InChI=1S/C14H20N4O/c1-3-13-12(11-17(2)16-13)10-15-7-9-18-8-5-4-6-14(18)19/h4-6,8,11,15H,3,7,9-10H2,1-2H3. The second kappa shape index (κ2) is 6.33. The second-order valence-electron chi connectivity index (χ2n) is 4.54. The van der Waals surface area contributed by atoms with Gasteiger partial charge in [0.15, 0.2) is 0 Å². The molecule has 2 heterocycles. The zero-order valence-corrected chi connectivity index (χ0v) is 11.5. The Hall–Kier alpha value is -1.88. The minimum Gasteiger partial charge on any atom is -0.314 e. The largest absolute Gasteiger partial charge is 0.314 e. The van der Waals surface area contributed by atoms with Gasteiger partial charge in [0.2, 0.25) is 0 Å². The summed E-state index contributed by atoms with van der Waals surface area (Å²) in [6.45, 7) is 4.34. The summed E-state index contributed by atoms with van der Waals surface area (Å²) in [4.78, 5) is 11.5. The second-order valence-corrected chi connectivity index (χ2v) is 4.54. The van der Waals surface area contributed by atoms with E-state index >= 15 is 0 Å². The van der Waals surface area contributed by atoms with Crippen LogP contribution in [0.2, 0.25) is 0 Å². The summed E-state index contributed by atoms with van der Waals surface area (Å²) in [5, 5.41) is 7.75. The Labute approximate surface area is 112 Å². The summed E-state index contributed by atoms with van der Waals surface area (Å²) >= 11 is 0. The maximum absolute atomic E-state index is 11.5. The van der Waals surface area contributed by atoms with Crippen molar-refractivity contribution < 1.29 is 0 Å². The molecular formula is C14H20N4O. The Morgan fingerprint density at radius 3 is 2.95 bits per heavy atom. The van der Waals surface area contributed by atoms with Gasteiger partial charge in [0.25, 0.3) is 5.56 Å². The molecule has 0 unspecified atom stereocenters. The maximum Gasteiger partial charge on any atom is 0.250 e. The van der Waals surface area contributed by atoms with Crippen molar-refractivity contribution in [1.82, 2.24) is 19.7 Å². The molecule has 0 bridgehead atoms. The predicted octanol–water partition coefficient (Wildman–Crippen LogP) is 0.934. The van der Waals surface area contributed by atoms with Gasteiger partial charge in [-0.25, -0.2) is 0 Å². The smallest absolute Gasteiger partial charge is 0.250 e. The van der Waals surface area contributed by atoms with E-state index in [1.165, 1.54) is 5.56 Å². The van der Waals surface area contributed by atoms with Crippen LogP contribution in [0.4, 0.5) is 0 Å². The lowest BCUT2D eigenvalue weighted by molar-refractivity contribution is 0.583. The Kier molecular flexibility index (Phi) is 4.52. The lowest BCUT2D eigenvalue weighted by Crippen LogP contribution is -2.25. The molecule has 0 aliphatic carbocycles. The molecule has 2 aromatic heterocycles. The van der Waals surface area contributed by atoms with Crippen molar-refractivity contribution in [2.24, 2.45) is 7.05 Å². The van der Waals surface area contributed by atoms with E-state index in [2.05, 4.69) is 17.3 Å². The fourth-order valence-corrected chi connectivity index (χ4v) is 2.10. The van der Waals surface area contributed by atoms with Crippen LogP contribution in [-0.4, -0.2) is 20.9 Å². The molecule has 0 aliphatic heterocycles. The zero-order chi connectivity index (χ0) is 13.7. The van der Waals surface area contributed by atoms with E-state index in [1.807, 2.05) is 30.2 Å². The summed E-state index contributed by atoms with van der Waals surface area (Å²) in [6, 6.07) is 5.21. The van der Waals surface area contributed by atoms with Gasteiger partial charge in [0.05, 0.1) is 5.69 Å². The van der Waals surface area contributed by atoms with E-state index in [9.17, 15) is 4.79 Å².